The van der Waals surface area contributed by atoms with Crippen molar-refractivity contribution in [3.63, 3.8) is 0 Å². The minimum atomic E-state index is -0.202. The highest BCUT2D eigenvalue weighted by Crippen LogP contribution is 2.16. The molecule has 1 amide bonds. The van der Waals surface area contributed by atoms with Crippen LogP contribution >= 0.6 is 11.6 Å². The van der Waals surface area contributed by atoms with E-state index in [1.807, 2.05) is 31.2 Å². The average Bonchev–Trinajstić information content (AvgIpc) is 2.48. The molecule has 116 valence electrons. The zero-order chi connectivity index (χ0) is 15.1. The van der Waals surface area contributed by atoms with E-state index >= 15 is 0 Å². The Kier molecular flexibility index (Phi) is 6.14. The van der Waals surface area contributed by atoms with Crippen LogP contribution < -0.4 is 9.64 Å². The van der Waals surface area contributed by atoms with Gasteiger partial charge in [0.15, 0.2) is 0 Å². The standard InChI is InChI=1S/C15H21ClN2O3/c1-2-20-15(19)18-8-6-17(7-9-18)10-11-21-14-5-3-4-13(16)12-14/h3-5,12H,2,6-11H2,1H3/p+1. The molecule has 1 aliphatic rings. The van der Waals surface area contributed by atoms with Crippen LogP contribution in [0.1, 0.15) is 6.92 Å². The Bertz CT molecular complexity index is 462. The molecule has 1 aromatic carbocycles. The number of hydrogen-bond donors (Lipinski definition) is 1. The van der Waals surface area contributed by atoms with E-state index in [-0.39, 0.29) is 6.09 Å². The van der Waals surface area contributed by atoms with Gasteiger partial charge in [-0.25, -0.2) is 4.79 Å². The fourth-order valence-corrected chi connectivity index (χ4v) is 2.52. The Hall–Kier alpha value is -1.46. The Balaban J connectivity index is 1.66. The van der Waals surface area contributed by atoms with E-state index in [9.17, 15) is 4.79 Å². The molecule has 1 aliphatic heterocycles. The number of benzene rings is 1. The maximum atomic E-state index is 11.6. The molecule has 0 aromatic heterocycles. The number of hydrogen-bond acceptors (Lipinski definition) is 3. The lowest BCUT2D eigenvalue weighted by Gasteiger charge is -2.31. The lowest BCUT2D eigenvalue weighted by molar-refractivity contribution is -0.904. The molecule has 21 heavy (non-hydrogen) atoms. The molecule has 0 spiro atoms. The molecule has 6 heteroatoms. The molecule has 5 nitrogen and oxygen atoms in total. The predicted octanol–water partition coefficient (Wildman–Crippen LogP) is 1.08. The molecular weight excluding hydrogens is 292 g/mol. The minimum absolute atomic E-state index is 0.202. The molecule has 0 bridgehead atoms. The van der Waals surface area contributed by atoms with Crippen molar-refractivity contribution in [1.82, 2.24) is 4.90 Å². The first-order valence-corrected chi connectivity index (χ1v) is 7.70. The summed E-state index contributed by atoms with van der Waals surface area (Å²) in [4.78, 5) is 14.8. The molecule has 0 radical (unpaired) electrons. The lowest BCUT2D eigenvalue weighted by atomic mass is 10.3. The average molecular weight is 314 g/mol. The van der Waals surface area contributed by atoms with Crippen molar-refractivity contribution in [2.45, 2.75) is 6.92 Å². The van der Waals surface area contributed by atoms with Gasteiger partial charge in [-0.1, -0.05) is 17.7 Å². The van der Waals surface area contributed by atoms with Crippen LogP contribution in [0.3, 0.4) is 0 Å². The topological polar surface area (TPSA) is 43.2 Å². The third-order valence-corrected chi connectivity index (χ3v) is 3.75. The maximum absolute atomic E-state index is 11.6. The molecule has 1 saturated heterocycles. The zero-order valence-corrected chi connectivity index (χ0v) is 13.1. The summed E-state index contributed by atoms with van der Waals surface area (Å²) in [5.41, 5.74) is 0. The first kappa shape index (κ1) is 15.9. The maximum Gasteiger partial charge on any atom is 0.410 e. The van der Waals surface area contributed by atoms with E-state index in [4.69, 9.17) is 21.1 Å². The first-order chi connectivity index (χ1) is 10.2. The fraction of sp³-hybridized carbons (Fsp3) is 0.533. The number of nitrogens with zero attached hydrogens (tertiary/aromatic N) is 1. The van der Waals surface area contributed by atoms with Crippen LogP contribution in [0, 0.1) is 0 Å². The Morgan fingerprint density at radius 2 is 2.14 bits per heavy atom. The summed E-state index contributed by atoms with van der Waals surface area (Å²) in [6.07, 6.45) is -0.202. The molecular formula is C15H22ClN2O3+. The highest BCUT2D eigenvalue weighted by atomic mass is 35.5. The van der Waals surface area contributed by atoms with Crippen LogP contribution in [0.2, 0.25) is 5.02 Å². The summed E-state index contributed by atoms with van der Waals surface area (Å²) in [5.74, 6) is 0.798. The van der Waals surface area contributed by atoms with Crippen molar-refractivity contribution < 1.29 is 19.2 Å². The van der Waals surface area contributed by atoms with Gasteiger partial charge in [0.2, 0.25) is 0 Å². The van der Waals surface area contributed by atoms with Crippen molar-refractivity contribution in [2.75, 3.05) is 45.9 Å². The van der Waals surface area contributed by atoms with Crippen molar-refractivity contribution in [3.8, 4) is 5.75 Å². The van der Waals surface area contributed by atoms with Crippen molar-refractivity contribution in [1.29, 1.82) is 0 Å². The van der Waals surface area contributed by atoms with Gasteiger partial charge in [-0.15, -0.1) is 0 Å². The summed E-state index contributed by atoms with van der Waals surface area (Å²) in [5, 5.41) is 0.683. The van der Waals surface area contributed by atoms with Gasteiger partial charge in [-0.05, 0) is 25.1 Å². The van der Waals surface area contributed by atoms with Gasteiger partial charge in [0.1, 0.15) is 18.9 Å². The second kappa shape index (κ2) is 8.10. The van der Waals surface area contributed by atoms with Gasteiger partial charge in [-0.3, -0.25) is 4.90 Å². The zero-order valence-electron chi connectivity index (χ0n) is 12.3. The number of nitrogens with one attached hydrogen (secondary N) is 1. The fourth-order valence-electron chi connectivity index (χ4n) is 2.34. The summed E-state index contributed by atoms with van der Waals surface area (Å²) in [7, 11) is 0. The number of rotatable bonds is 5. The SMILES string of the molecule is CCOC(=O)N1CC[NH+](CCOc2cccc(Cl)c2)CC1. The molecule has 1 fully saturated rings. The summed E-state index contributed by atoms with van der Waals surface area (Å²) in [6.45, 7) is 7.16. The Morgan fingerprint density at radius 1 is 1.38 bits per heavy atom. The van der Waals surface area contributed by atoms with E-state index in [0.717, 1.165) is 38.5 Å². The van der Waals surface area contributed by atoms with Crippen molar-refractivity contribution in [2.24, 2.45) is 0 Å². The number of halogens is 1. The molecule has 1 aromatic rings. The van der Waals surface area contributed by atoms with E-state index in [1.54, 1.807) is 4.90 Å². The highest BCUT2D eigenvalue weighted by Gasteiger charge is 2.24. The number of carbonyl (C=O) groups is 1. The quantitative estimate of drug-likeness (QED) is 0.884. The number of piperazine rings is 1. The molecule has 0 atom stereocenters. The molecule has 0 saturated carbocycles. The van der Waals surface area contributed by atoms with Gasteiger partial charge in [-0.2, -0.15) is 0 Å². The molecule has 1 heterocycles. The number of ether oxygens (including phenoxy) is 2. The van der Waals surface area contributed by atoms with Crippen molar-refractivity contribution in [3.05, 3.63) is 29.3 Å². The summed E-state index contributed by atoms with van der Waals surface area (Å²) >= 11 is 5.91. The van der Waals surface area contributed by atoms with Gasteiger partial charge < -0.3 is 14.4 Å². The smallest absolute Gasteiger partial charge is 0.410 e. The first-order valence-electron chi connectivity index (χ1n) is 7.32. The van der Waals surface area contributed by atoms with Gasteiger partial charge in [0.05, 0.1) is 32.8 Å². The third-order valence-electron chi connectivity index (χ3n) is 3.52. The number of quaternary nitrogens is 1. The summed E-state index contributed by atoms with van der Waals surface area (Å²) < 4.78 is 10.7. The van der Waals surface area contributed by atoms with Crippen molar-refractivity contribution >= 4 is 17.7 Å². The van der Waals surface area contributed by atoms with Crippen LogP contribution in [0.5, 0.6) is 5.75 Å². The van der Waals surface area contributed by atoms with Crippen LogP contribution in [0.4, 0.5) is 4.79 Å². The normalized spacial score (nSPS) is 15.8. The second-order valence-electron chi connectivity index (χ2n) is 4.99. The van der Waals surface area contributed by atoms with E-state index < -0.39 is 0 Å². The predicted molar refractivity (Wildman–Crippen MR) is 81.1 cm³/mol. The molecule has 0 unspecified atom stereocenters. The van der Waals surface area contributed by atoms with Crippen LogP contribution in [0.15, 0.2) is 24.3 Å². The van der Waals surface area contributed by atoms with Crippen LogP contribution in [0.25, 0.3) is 0 Å². The number of amides is 1. The van der Waals surface area contributed by atoms with E-state index in [1.165, 1.54) is 4.90 Å². The molecule has 2 rings (SSSR count). The Morgan fingerprint density at radius 3 is 2.81 bits per heavy atom. The Labute approximate surface area is 130 Å². The lowest BCUT2D eigenvalue weighted by Crippen LogP contribution is -3.15. The third kappa shape index (κ3) is 5.10. The van der Waals surface area contributed by atoms with Crippen LogP contribution in [-0.2, 0) is 4.74 Å². The van der Waals surface area contributed by atoms with Gasteiger partial charge in [0, 0.05) is 5.02 Å². The summed E-state index contributed by atoms with van der Waals surface area (Å²) in [6, 6.07) is 7.42. The minimum Gasteiger partial charge on any atom is -0.488 e. The molecule has 1 N–H and O–H groups in total. The molecule has 0 aliphatic carbocycles. The van der Waals surface area contributed by atoms with E-state index in [2.05, 4.69) is 0 Å². The second-order valence-corrected chi connectivity index (χ2v) is 5.43. The van der Waals surface area contributed by atoms with E-state index in [0.29, 0.717) is 18.2 Å². The van der Waals surface area contributed by atoms with Crippen LogP contribution in [-0.4, -0.2) is 56.9 Å². The largest absolute Gasteiger partial charge is 0.488 e. The van der Waals surface area contributed by atoms with Gasteiger partial charge >= 0.3 is 6.09 Å². The monoisotopic (exact) mass is 313 g/mol. The van der Waals surface area contributed by atoms with Gasteiger partial charge in [0.25, 0.3) is 0 Å². The number of carbonyl (C=O) groups excluding carboxylic acids is 1. The highest BCUT2D eigenvalue weighted by molar-refractivity contribution is 6.30.